The van der Waals surface area contributed by atoms with Crippen LogP contribution in [-0.2, 0) is 16.0 Å². The summed E-state index contributed by atoms with van der Waals surface area (Å²) in [4.78, 5) is 11.7. The Morgan fingerprint density at radius 2 is 2.15 bits per heavy atom. The minimum absolute atomic E-state index is 0.0481. The van der Waals surface area contributed by atoms with E-state index in [1.165, 1.54) is 5.56 Å². The lowest BCUT2D eigenvalue weighted by molar-refractivity contribution is -0.130. The second kappa shape index (κ2) is 7.90. The summed E-state index contributed by atoms with van der Waals surface area (Å²) in [7, 11) is 1.67. The van der Waals surface area contributed by atoms with E-state index in [4.69, 9.17) is 9.47 Å². The van der Waals surface area contributed by atoms with Crippen molar-refractivity contribution in [3.8, 4) is 5.75 Å². The zero-order valence-corrected chi connectivity index (χ0v) is 12.1. The molecular formula is C16H23NO3. The molecule has 1 atom stereocenters. The standard InChI is InChI=1S/C16H23NO3/c1-19-14-9-7-13(8-10-14)5-2-3-11-17-16(18)15-6-4-12-20-15/h7-10,15H,2-6,11-12H2,1H3,(H,17,18). The number of ether oxygens (including phenoxy) is 2. The van der Waals surface area contributed by atoms with Crippen molar-refractivity contribution in [3.05, 3.63) is 29.8 Å². The highest BCUT2D eigenvalue weighted by Gasteiger charge is 2.22. The number of carbonyl (C=O) groups excluding carboxylic acids is 1. The molecule has 0 radical (unpaired) electrons. The number of rotatable bonds is 7. The van der Waals surface area contributed by atoms with Crippen LogP contribution in [0.25, 0.3) is 0 Å². The molecule has 1 aromatic carbocycles. The van der Waals surface area contributed by atoms with Crippen LogP contribution in [0, 0.1) is 0 Å². The van der Waals surface area contributed by atoms with Crippen LogP contribution in [0.15, 0.2) is 24.3 Å². The normalized spacial score (nSPS) is 17.9. The van der Waals surface area contributed by atoms with E-state index in [0.29, 0.717) is 0 Å². The van der Waals surface area contributed by atoms with E-state index in [2.05, 4.69) is 17.4 Å². The van der Waals surface area contributed by atoms with Crippen molar-refractivity contribution in [2.24, 2.45) is 0 Å². The zero-order chi connectivity index (χ0) is 14.2. The summed E-state index contributed by atoms with van der Waals surface area (Å²) in [5.41, 5.74) is 1.30. The lowest BCUT2D eigenvalue weighted by atomic mass is 10.1. The smallest absolute Gasteiger partial charge is 0.249 e. The third kappa shape index (κ3) is 4.53. The molecule has 1 N–H and O–H groups in total. The number of unbranched alkanes of at least 4 members (excludes halogenated alkanes) is 1. The molecule has 4 heteroatoms. The van der Waals surface area contributed by atoms with Gasteiger partial charge in [-0.2, -0.15) is 0 Å². The summed E-state index contributed by atoms with van der Waals surface area (Å²) < 4.78 is 10.5. The highest BCUT2D eigenvalue weighted by atomic mass is 16.5. The average Bonchev–Trinajstić information content (AvgIpc) is 3.01. The van der Waals surface area contributed by atoms with Crippen molar-refractivity contribution < 1.29 is 14.3 Å². The van der Waals surface area contributed by atoms with Crippen LogP contribution in [-0.4, -0.2) is 32.3 Å². The molecule has 110 valence electrons. The molecule has 1 unspecified atom stereocenters. The lowest BCUT2D eigenvalue weighted by Gasteiger charge is -2.10. The van der Waals surface area contributed by atoms with Gasteiger partial charge >= 0.3 is 0 Å². The molecule has 4 nitrogen and oxygen atoms in total. The fourth-order valence-electron chi connectivity index (χ4n) is 2.36. The van der Waals surface area contributed by atoms with Crippen molar-refractivity contribution in [2.45, 2.75) is 38.2 Å². The molecule has 1 fully saturated rings. The molecule has 0 spiro atoms. The Balaban J connectivity index is 1.57. The first kappa shape index (κ1) is 14.9. The third-order valence-electron chi connectivity index (χ3n) is 3.57. The number of nitrogens with one attached hydrogen (secondary N) is 1. The van der Waals surface area contributed by atoms with Gasteiger partial charge in [0.05, 0.1) is 7.11 Å². The molecule has 0 bridgehead atoms. The fraction of sp³-hybridized carbons (Fsp3) is 0.562. The summed E-state index contributed by atoms with van der Waals surface area (Å²) in [5, 5.41) is 2.95. The maximum Gasteiger partial charge on any atom is 0.249 e. The van der Waals surface area contributed by atoms with Gasteiger partial charge < -0.3 is 14.8 Å². The molecule has 20 heavy (non-hydrogen) atoms. The van der Waals surface area contributed by atoms with Gasteiger partial charge in [-0.05, 0) is 49.8 Å². The molecule has 1 aromatic rings. The third-order valence-corrected chi connectivity index (χ3v) is 3.57. The number of amides is 1. The van der Waals surface area contributed by atoms with Gasteiger partial charge in [0.1, 0.15) is 11.9 Å². The van der Waals surface area contributed by atoms with Crippen molar-refractivity contribution in [1.82, 2.24) is 5.32 Å². The summed E-state index contributed by atoms with van der Waals surface area (Å²) in [6.45, 7) is 1.45. The quantitative estimate of drug-likeness (QED) is 0.778. The van der Waals surface area contributed by atoms with Crippen molar-refractivity contribution in [3.63, 3.8) is 0 Å². The number of benzene rings is 1. The van der Waals surface area contributed by atoms with Crippen LogP contribution in [0.3, 0.4) is 0 Å². The molecule has 0 aliphatic carbocycles. The Labute approximate surface area is 120 Å². The Hall–Kier alpha value is -1.55. The predicted molar refractivity (Wildman–Crippen MR) is 77.9 cm³/mol. The highest BCUT2D eigenvalue weighted by Crippen LogP contribution is 2.13. The van der Waals surface area contributed by atoms with Crippen molar-refractivity contribution in [1.29, 1.82) is 0 Å². The first-order chi connectivity index (χ1) is 9.79. The maximum absolute atomic E-state index is 11.7. The van der Waals surface area contributed by atoms with Gasteiger partial charge in [0.25, 0.3) is 0 Å². The van der Waals surface area contributed by atoms with E-state index < -0.39 is 0 Å². The minimum atomic E-state index is -0.211. The summed E-state index contributed by atoms with van der Waals surface area (Å²) in [6, 6.07) is 8.14. The van der Waals surface area contributed by atoms with E-state index in [9.17, 15) is 4.79 Å². The van der Waals surface area contributed by atoms with Gasteiger partial charge in [-0.25, -0.2) is 0 Å². The van der Waals surface area contributed by atoms with Crippen molar-refractivity contribution >= 4 is 5.91 Å². The van der Waals surface area contributed by atoms with Crippen LogP contribution < -0.4 is 10.1 Å². The number of aryl methyl sites for hydroxylation is 1. The van der Waals surface area contributed by atoms with Crippen LogP contribution in [0.2, 0.25) is 0 Å². The van der Waals surface area contributed by atoms with Crippen LogP contribution in [0.4, 0.5) is 0 Å². The monoisotopic (exact) mass is 277 g/mol. The first-order valence-corrected chi connectivity index (χ1v) is 7.32. The molecule has 0 saturated carbocycles. The second-order valence-corrected chi connectivity index (χ2v) is 5.10. The summed E-state index contributed by atoms with van der Waals surface area (Å²) >= 11 is 0. The van der Waals surface area contributed by atoms with Gasteiger partial charge in [0, 0.05) is 13.2 Å². The first-order valence-electron chi connectivity index (χ1n) is 7.32. The van der Waals surface area contributed by atoms with Crippen LogP contribution in [0.5, 0.6) is 5.75 Å². The van der Waals surface area contributed by atoms with Gasteiger partial charge in [-0.15, -0.1) is 0 Å². The lowest BCUT2D eigenvalue weighted by Crippen LogP contribution is -2.34. The van der Waals surface area contributed by atoms with Gasteiger partial charge in [-0.3, -0.25) is 4.79 Å². The van der Waals surface area contributed by atoms with Crippen LogP contribution >= 0.6 is 0 Å². The van der Waals surface area contributed by atoms with Crippen molar-refractivity contribution in [2.75, 3.05) is 20.3 Å². The molecule has 1 saturated heterocycles. The fourth-order valence-corrected chi connectivity index (χ4v) is 2.36. The second-order valence-electron chi connectivity index (χ2n) is 5.10. The maximum atomic E-state index is 11.7. The largest absolute Gasteiger partial charge is 0.497 e. The number of hydrogen-bond acceptors (Lipinski definition) is 3. The molecule has 2 rings (SSSR count). The van der Waals surface area contributed by atoms with E-state index in [-0.39, 0.29) is 12.0 Å². The molecule has 0 aromatic heterocycles. The van der Waals surface area contributed by atoms with E-state index >= 15 is 0 Å². The molecule has 1 aliphatic rings. The average molecular weight is 277 g/mol. The summed E-state index contributed by atoms with van der Waals surface area (Å²) in [5.74, 6) is 0.935. The molecule has 1 heterocycles. The molecular weight excluding hydrogens is 254 g/mol. The Morgan fingerprint density at radius 1 is 1.35 bits per heavy atom. The summed E-state index contributed by atoms with van der Waals surface area (Å²) in [6.07, 6.45) is 4.73. The van der Waals surface area contributed by atoms with Gasteiger partial charge in [-0.1, -0.05) is 12.1 Å². The zero-order valence-electron chi connectivity index (χ0n) is 12.1. The number of hydrogen-bond donors (Lipinski definition) is 1. The Morgan fingerprint density at radius 3 is 2.80 bits per heavy atom. The highest BCUT2D eigenvalue weighted by molar-refractivity contribution is 5.80. The van der Waals surface area contributed by atoms with E-state index in [1.54, 1.807) is 7.11 Å². The predicted octanol–water partition coefficient (Wildman–Crippen LogP) is 2.31. The molecule has 1 amide bonds. The Bertz CT molecular complexity index is 410. The number of carbonyl (C=O) groups is 1. The topological polar surface area (TPSA) is 47.6 Å². The molecule has 1 aliphatic heterocycles. The number of methoxy groups -OCH3 is 1. The SMILES string of the molecule is COc1ccc(CCCCNC(=O)C2CCCO2)cc1. The van der Waals surface area contributed by atoms with Gasteiger partial charge in [0.2, 0.25) is 5.91 Å². The van der Waals surface area contributed by atoms with Crippen LogP contribution in [0.1, 0.15) is 31.2 Å². The van der Waals surface area contributed by atoms with E-state index in [1.807, 2.05) is 12.1 Å². The van der Waals surface area contributed by atoms with E-state index in [0.717, 1.165) is 51.0 Å². The van der Waals surface area contributed by atoms with Gasteiger partial charge in [0.15, 0.2) is 0 Å². The Kier molecular flexibility index (Phi) is 5.87. The minimum Gasteiger partial charge on any atom is -0.497 e.